The summed E-state index contributed by atoms with van der Waals surface area (Å²) in [5.41, 5.74) is 0.464. The number of aliphatic carboxylic acids is 1. The molecule has 0 radical (unpaired) electrons. The third-order valence-electron chi connectivity index (χ3n) is 4.90. The Kier molecular flexibility index (Phi) is 3.93. The number of hydrogen-bond donors (Lipinski definition) is 1. The first-order chi connectivity index (χ1) is 10.5. The Balaban J connectivity index is 1.82. The van der Waals surface area contributed by atoms with Crippen molar-refractivity contribution in [3.05, 3.63) is 17.0 Å². The van der Waals surface area contributed by atoms with Gasteiger partial charge in [0.15, 0.2) is 5.69 Å². The van der Waals surface area contributed by atoms with E-state index >= 15 is 0 Å². The molecule has 3 rings (SSSR count). The van der Waals surface area contributed by atoms with E-state index in [1.807, 2.05) is 0 Å². The number of carbonyl (C=O) groups is 2. The Morgan fingerprint density at radius 3 is 2.77 bits per heavy atom. The summed E-state index contributed by atoms with van der Waals surface area (Å²) in [6, 6.07) is 0. The van der Waals surface area contributed by atoms with Gasteiger partial charge >= 0.3 is 5.97 Å². The van der Waals surface area contributed by atoms with Crippen LogP contribution in [0.4, 0.5) is 0 Å². The van der Waals surface area contributed by atoms with Crippen LogP contribution in [0.25, 0.3) is 0 Å². The van der Waals surface area contributed by atoms with Crippen molar-refractivity contribution in [2.24, 2.45) is 5.41 Å². The number of aromatic nitrogens is 1. The maximum Gasteiger partial charge on any atom is 0.311 e. The maximum atomic E-state index is 12.8. The number of rotatable bonds is 2. The molecule has 0 aromatic carbocycles. The minimum Gasteiger partial charge on any atom is -0.481 e. The zero-order valence-corrected chi connectivity index (χ0v) is 12.9. The van der Waals surface area contributed by atoms with Crippen LogP contribution < -0.4 is 0 Å². The molecular weight excluding hydrogens is 284 g/mol. The second kappa shape index (κ2) is 5.74. The zero-order chi connectivity index (χ0) is 15.7. The topological polar surface area (TPSA) is 83.6 Å². The molecule has 0 spiro atoms. The van der Waals surface area contributed by atoms with Gasteiger partial charge in [0.05, 0.1) is 5.41 Å². The highest BCUT2D eigenvalue weighted by Gasteiger charge is 2.40. The average molecular weight is 306 g/mol. The summed E-state index contributed by atoms with van der Waals surface area (Å²) in [6.45, 7) is 2.53. The first-order valence-corrected chi connectivity index (χ1v) is 8.01. The van der Waals surface area contributed by atoms with Crippen LogP contribution in [0.1, 0.15) is 60.8 Å². The molecule has 1 amide bonds. The minimum absolute atomic E-state index is 0.181. The fraction of sp³-hybridized carbons (Fsp3) is 0.688. The molecule has 1 atom stereocenters. The standard InChI is InChI=1S/C16H22N2O4/c1-16(15(20)21)8-5-9-18(10-16)14(19)13-11-6-3-2-4-7-12(11)22-17-13/h2-10H2,1H3,(H,20,21). The summed E-state index contributed by atoms with van der Waals surface area (Å²) >= 11 is 0. The second-order valence-corrected chi connectivity index (χ2v) is 6.69. The van der Waals surface area contributed by atoms with Crippen molar-refractivity contribution in [2.75, 3.05) is 13.1 Å². The Labute approximate surface area is 129 Å². The molecule has 6 nitrogen and oxygen atoms in total. The third kappa shape index (κ3) is 2.62. The number of piperidine rings is 1. The van der Waals surface area contributed by atoms with E-state index in [1.165, 1.54) is 0 Å². The molecule has 1 unspecified atom stereocenters. The van der Waals surface area contributed by atoms with Gasteiger partial charge in [-0.1, -0.05) is 11.6 Å². The lowest BCUT2D eigenvalue weighted by Gasteiger charge is -2.37. The molecule has 1 fully saturated rings. The molecule has 0 bridgehead atoms. The highest BCUT2D eigenvalue weighted by Crippen LogP contribution is 2.31. The molecule has 1 N–H and O–H groups in total. The summed E-state index contributed by atoms with van der Waals surface area (Å²) in [7, 11) is 0. The van der Waals surface area contributed by atoms with E-state index in [9.17, 15) is 14.7 Å². The summed E-state index contributed by atoms with van der Waals surface area (Å²) in [5, 5.41) is 13.4. The average Bonchev–Trinajstić information content (AvgIpc) is 2.75. The van der Waals surface area contributed by atoms with E-state index in [0.717, 1.165) is 43.4 Å². The van der Waals surface area contributed by atoms with Crippen molar-refractivity contribution in [2.45, 2.75) is 51.9 Å². The smallest absolute Gasteiger partial charge is 0.311 e. The summed E-state index contributed by atoms with van der Waals surface area (Å²) < 4.78 is 5.36. The van der Waals surface area contributed by atoms with E-state index in [0.29, 0.717) is 25.1 Å². The van der Waals surface area contributed by atoms with Gasteiger partial charge in [-0.2, -0.15) is 0 Å². The van der Waals surface area contributed by atoms with E-state index in [4.69, 9.17) is 4.52 Å². The lowest BCUT2D eigenvalue weighted by Crippen LogP contribution is -2.48. The van der Waals surface area contributed by atoms with Gasteiger partial charge in [0.25, 0.3) is 5.91 Å². The van der Waals surface area contributed by atoms with Crippen molar-refractivity contribution >= 4 is 11.9 Å². The zero-order valence-electron chi connectivity index (χ0n) is 12.9. The molecule has 2 heterocycles. The quantitative estimate of drug-likeness (QED) is 0.847. The SMILES string of the molecule is CC1(C(=O)O)CCCN(C(=O)c2noc3c2CCCCC3)C1. The Morgan fingerprint density at radius 2 is 2.00 bits per heavy atom. The number of carboxylic acid groups (broad SMARTS) is 1. The normalized spacial score (nSPS) is 25.4. The molecular formula is C16H22N2O4. The lowest BCUT2D eigenvalue weighted by atomic mass is 9.82. The Hall–Kier alpha value is -1.85. The Morgan fingerprint density at radius 1 is 1.23 bits per heavy atom. The van der Waals surface area contributed by atoms with Crippen LogP contribution in [0.5, 0.6) is 0 Å². The third-order valence-corrected chi connectivity index (χ3v) is 4.90. The first kappa shape index (κ1) is 15.1. The van der Waals surface area contributed by atoms with Gasteiger partial charge in [0.1, 0.15) is 5.76 Å². The molecule has 2 aliphatic rings. The fourth-order valence-corrected chi connectivity index (χ4v) is 3.47. The Bertz CT molecular complexity index is 595. The van der Waals surface area contributed by atoms with E-state index < -0.39 is 11.4 Å². The molecule has 1 aliphatic carbocycles. The van der Waals surface area contributed by atoms with Crippen LogP contribution in [0.2, 0.25) is 0 Å². The van der Waals surface area contributed by atoms with Gasteiger partial charge in [-0.25, -0.2) is 0 Å². The highest BCUT2D eigenvalue weighted by molar-refractivity contribution is 5.94. The molecule has 1 aliphatic heterocycles. The number of hydrogen-bond acceptors (Lipinski definition) is 4. The molecule has 1 aromatic heterocycles. The molecule has 6 heteroatoms. The predicted molar refractivity (Wildman–Crippen MR) is 78.6 cm³/mol. The van der Waals surface area contributed by atoms with Crippen molar-refractivity contribution in [3.8, 4) is 0 Å². The van der Waals surface area contributed by atoms with Crippen LogP contribution >= 0.6 is 0 Å². The minimum atomic E-state index is -0.866. The van der Waals surface area contributed by atoms with Crippen LogP contribution in [-0.2, 0) is 17.6 Å². The molecule has 1 aromatic rings. The van der Waals surface area contributed by atoms with Crippen molar-refractivity contribution < 1.29 is 19.2 Å². The molecule has 1 saturated heterocycles. The van der Waals surface area contributed by atoms with Gasteiger partial charge in [0.2, 0.25) is 0 Å². The summed E-state index contributed by atoms with van der Waals surface area (Å²) in [6.07, 6.45) is 6.21. The van der Waals surface area contributed by atoms with Crippen molar-refractivity contribution in [3.63, 3.8) is 0 Å². The number of fused-ring (bicyclic) bond motifs is 1. The van der Waals surface area contributed by atoms with Gasteiger partial charge in [-0.15, -0.1) is 0 Å². The van der Waals surface area contributed by atoms with Crippen LogP contribution in [0.15, 0.2) is 4.52 Å². The molecule has 22 heavy (non-hydrogen) atoms. The second-order valence-electron chi connectivity index (χ2n) is 6.69. The van der Waals surface area contributed by atoms with Gasteiger partial charge in [-0.05, 0) is 39.0 Å². The monoisotopic (exact) mass is 306 g/mol. The van der Waals surface area contributed by atoms with Crippen molar-refractivity contribution in [1.82, 2.24) is 10.1 Å². The molecule has 0 saturated carbocycles. The summed E-state index contributed by atoms with van der Waals surface area (Å²) in [5.74, 6) is -0.193. The van der Waals surface area contributed by atoms with Gasteiger partial charge in [0, 0.05) is 25.1 Å². The highest BCUT2D eigenvalue weighted by atomic mass is 16.5. The largest absolute Gasteiger partial charge is 0.481 e. The summed E-state index contributed by atoms with van der Waals surface area (Å²) in [4.78, 5) is 25.8. The van der Waals surface area contributed by atoms with Crippen LogP contribution in [-0.4, -0.2) is 40.1 Å². The van der Waals surface area contributed by atoms with E-state index in [-0.39, 0.29) is 12.5 Å². The maximum absolute atomic E-state index is 12.8. The number of likely N-dealkylation sites (tertiary alicyclic amines) is 1. The molecule has 120 valence electrons. The van der Waals surface area contributed by atoms with Crippen molar-refractivity contribution in [1.29, 1.82) is 0 Å². The van der Waals surface area contributed by atoms with Gasteiger partial charge in [-0.3, -0.25) is 9.59 Å². The number of amides is 1. The van der Waals surface area contributed by atoms with Gasteiger partial charge < -0.3 is 14.5 Å². The predicted octanol–water partition coefficient (Wildman–Crippen LogP) is 2.27. The number of carboxylic acids is 1. The number of nitrogens with zero attached hydrogens (tertiary/aromatic N) is 2. The van der Waals surface area contributed by atoms with Crippen LogP contribution in [0, 0.1) is 5.41 Å². The first-order valence-electron chi connectivity index (χ1n) is 8.01. The fourth-order valence-electron chi connectivity index (χ4n) is 3.47. The number of carbonyl (C=O) groups excluding carboxylic acids is 1. The van der Waals surface area contributed by atoms with E-state index in [1.54, 1.807) is 11.8 Å². The number of aryl methyl sites for hydroxylation is 1. The van der Waals surface area contributed by atoms with Crippen LogP contribution in [0.3, 0.4) is 0 Å². The van der Waals surface area contributed by atoms with E-state index in [2.05, 4.69) is 5.16 Å². The lowest BCUT2D eigenvalue weighted by molar-refractivity contribution is -0.150.